The minimum atomic E-state index is -1.32. The fourth-order valence-electron chi connectivity index (χ4n) is 6.12. The summed E-state index contributed by atoms with van der Waals surface area (Å²) >= 11 is 0. The molecule has 47 heavy (non-hydrogen) atoms. The van der Waals surface area contributed by atoms with Crippen molar-refractivity contribution in [3.05, 3.63) is 65.3 Å². The van der Waals surface area contributed by atoms with E-state index in [1.54, 1.807) is 0 Å². The first-order valence-electron chi connectivity index (χ1n) is 15.6. The topological polar surface area (TPSA) is 154 Å². The van der Waals surface area contributed by atoms with Crippen molar-refractivity contribution in [2.75, 3.05) is 51.6 Å². The molecule has 15 heteroatoms. The molecule has 2 fully saturated rings. The van der Waals surface area contributed by atoms with Gasteiger partial charge in [-0.3, -0.25) is 9.79 Å². The van der Waals surface area contributed by atoms with E-state index in [0.29, 0.717) is 80.1 Å². The van der Waals surface area contributed by atoms with Gasteiger partial charge in [-0.05, 0) is 62.3 Å². The van der Waals surface area contributed by atoms with Gasteiger partial charge < -0.3 is 41.5 Å². The summed E-state index contributed by atoms with van der Waals surface area (Å²) in [5, 5.41) is 4.99. The van der Waals surface area contributed by atoms with Crippen LogP contribution in [-0.4, -0.2) is 91.3 Å². The van der Waals surface area contributed by atoms with Crippen molar-refractivity contribution in [1.29, 1.82) is 0 Å². The van der Waals surface area contributed by atoms with Gasteiger partial charge in [-0.2, -0.15) is 0 Å². The van der Waals surface area contributed by atoms with E-state index < -0.39 is 29.2 Å². The van der Waals surface area contributed by atoms with Crippen LogP contribution in [0.3, 0.4) is 0 Å². The Hall–Kier alpha value is -4.79. The molecule has 2 aromatic rings. The van der Waals surface area contributed by atoms with Crippen LogP contribution in [0.4, 0.5) is 29.3 Å². The van der Waals surface area contributed by atoms with Gasteiger partial charge in [0.1, 0.15) is 11.5 Å². The molecule has 252 valence electrons. The Labute approximate surface area is 271 Å². The van der Waals surface area contributed by atoms with Gasteiger partial charge in [-0.1, -0.05) is 6.07 Å². The Balaban J connectivity index is 1.17. The monoisotopic (exact) mass is 655 g/mol. The van der Waals surface area contributed by atoms with Crippen molar-refractivity contribution in [2.45, 2.75) is 44.1 Å². The number of likely N-dealkylation sites (tertiary alicyclic amines) is 2. The second kappa shape index (κ2) is 15.2. The van der Waals surface area contributed by atoms with Crippen LogP contribution in [0.5, 0.6) is 5.75 Å². The second-order valence-corrected chi connectivity index (χ2v) is 11.9. The number of nitrogens with two attached hydrogens (primary N) is 2. The Morgan fingerprint density at radius 1 is 1.06 bits per heavy atom. The molecule has 5 rings (SSSR count). The van der Waals surface area contributed by atoms with Gasteiger partial charge in [0, 0.05) is 64.1 Å². The molecule has 2 saturated heterocycles. The van der Waals surface area contributed by atoms with E-state index >= 15 is 0 Å². The number of carbonyl (C=O) groups is 2. The number of carbonyl (C=O) groups excluding carboxylic acids is 2. The Morgan fingerprint density at radius 3 is 2.49 bits per heavy atom. The first-order chi connectivity index (χ1) is 22.6. The number of rotatable bonds is 9. The van der Waals surface area contributed by atoms with Crippen molar-refractivity contribution in [3.8, 4) is 5.75 Å². The summed E-state index contributed by atoms with van der Waals surface area (Å²) < 4.78 is 47.0. The Morgan fingerprint density at radius 2 is 1.79 bits per heavy atom. The number of piperidine rings is 2. The lowest BCUT2D eigenvalue weighted by molar-refractivity contribution is -0.108. The second-order valence-electron chi connectivity index (χ2n) is 11.9. The van der Waals surface area contributed by atoms with Crippen LogP contribution < -0.4 is 26.8 Å². The molecule has 3 heterocycles. The quantitative estimate of drug-likeness (QED) is 0.106. The van der Waals surface area contributed by atoms with Crippen molar-refractivity contribution in [2.24, 2.45) is 21.5 Å². The van der Waals surface area contributed by atoms with Crippen LogP contribution in [0.15, 0.2) is 52.3 Å². The first kappa shape index (κ1) is 33.6. The van der Waals surface area contributed by atoms with E-state index in [1.807, 2.05) is 31.4 Å². The van der Waals surface area contributed by atoms with Gasteiger partial charge in [0.05, 0.1) is 5.69 Å². The SMILES string of the molecule is CN(/C=C1/Oc2ccc(C3CCN(C(=O)Nc4cc(F)c(F)cc4F)CC3)cc2N=C1NC=O)C1CCN(CCCN=C(N)N)CC1. The van der Waals surface area contributed by atoms with Gasteiger partial charge in [0.15, 0.2) is 34.9 Å². The van der Waals surface area contributed by atoms with Crippen molar-refractivity contribution in [1.82, 2.24) is 20.0 Å². The highest BCUT2D eigenvalue weighted by Gasteiger charge is 2.28. The number of nitrogens with one attached hydrogen (secondary N) is 2. The third-order valence-corrected chi connectivity index (χ3v) is 8.75. The maximum absolute atomic E-state index is 14.0. The molecule has 3 aliphatic heterocycles. The van der Waals surface area contributed by atoms with E-state index in [2.05, 4.69) is 25.4 Å². The predicted octanol–water partition coefficient (Wildman–Crippen LogP) is 3.58. The number of nitrogens with zero attached hydrogens (tertiary/aromatic N) is 5. The van der Waals surface area contributed by atoms with Crippen LogP contribution in [-0.2, 0) is 4.79 Å². The summed E-state index contributed by atoms with van der Waals surface area (Å²) in [5.74, 6) is -2.08. The Bertz CT molecular complexity index is 1550. The van der Waals surface area contributed by atoms with E-state index in [9.17, 15) is 22.8 Å². The molecule has 0 radical (unpaired) electrons. The summed E-state index contributed by atoms with van der Waals surface area (Å²) in [7, 11) is 1.99. The highest BCUT2D eigenvalue weighted by Crippen LogP contribution is 2.38. The number of amidine groups is 1. The number of fused-ring (bicyclic) bond motifs is 1. The number of benzene rings is 2. The number of aliphatic imine (C=N–C) groups is 2. The number of hydrogen-bond donors (Lipinski definition) is 4. The number of ether oxygens (including phenoxy) is 1. The first-order valence-corrected chi connectivity index (χ1v) is 15.6. The zero-order valence-corrected chi connectivity index (χ0v) is 26.2. The van der Waals surface area contributed by atoms with Crippen LogP contribution in [0.25, 0.3) is 0 Å². The van der Waals surface area contributed by atoms with Gasteiger partial charge in [-0.15, -0.1) is 0 Å². The number of urea groups is 1. The third kappa shape index (κ3) is 8.52. The van der Waals surface area contributed by atoms with Crippen LogP contribution >= 0.6 is 0 Å². The average Bonchev–Trinajstić information content (AvgIpc) is 3.06. The molecule has 0 atom stereocenters. The summed E-state index contributed by atoms with van der Waals surface area (Å²) in [4.78, 5) is 38.9. The smallest absolute Gasteiger partial charge is 0.321 e. The molecule has 0 aromatic heterocycles. The molecule has 3 aliphatic rings. The van der Waals surface area contributed by atoms with Gasteiger partial charge in [0.25, 0.3) is 0 Å². The van der Waals surface area contributed by atoms with E-state index in [-0.39, 0.29) is 11.9 Å². The fourth-order valence-corrected chi connectivity index (χ4v) is 6.12. The molecule has 3 amide bonds. The Kier molecular flexibility index (Phi) is 10.9. The molecule has 0 aliphatic carbocycles. The van der Waals surface area contributed by atoms with Crippen LogP contribution in [0, 0.1) is 17.5 Å². The largest absolute Gasteiger partial charge is 0.450 e. The van der Waals surface area contributed by atoms with Crippen LogP contribution in [0.2, 0.25) is 0 Å². The standard InChI is InChI=1S/C32H40F3N9O3/c1-42(22-7-11-43(12-8-22)10-2-9-38-31(36)37)18-29-30(39-19-45)40-27-15-21(3-4-28(27)47-29)20-5-13-44(14-6-20)32(46)41-26-17-24(34)23(33)16-25(26)35/h3-4,15-20,22H,2,5-14H2,1H3,(H,41,46)(H4,36,37,38)(H,39,40,45)/b29-18+. The van der Waals surface area contributed by atoms with Crippen molar-refractivity contribution < 1.29 is 27.5 Å². The summed E-state index contributed by atoms with van der Waals surface area (Å²) in [6.07, 6.45) is 6.53. The molecular weight excluding hydrogens is 615 g/mol. The highest BCUT2D eigenvalue weighted by molar-refractivity contribution is 6.05. The summed E-state index contributed by atoms with van der Waals surface area (Å²) in [6, 6.07) is 6.47. The molecule has 0 bridgehead atoms. The summed E-state index contributed by atoms with van der Waals surface area (Å²) in [6.45, 7) is 4.23. The average molecular weight is 656 g/mol. The lowest BCUT2D eigenvalue weighted by Gasteiger charge is -2.36. The molecule has 2 aromatic carbocycles. The lowest BCUT2D eigenvalue weighted by atomic mass is 9.89. The summed E-state index contributed by atoms with van der Waals surface area (Å²) in [5.41, 5.74) is 12.0. The third-order valence-electron chi connectivity index (χ3n) is 8.75. The van der Waals surface area contributed by atoms with E-state index in [4.69, 9.17) is 21.2 Å². The number of guanidine groups is 1. The number of halogens is 3. The van der Waals surface area contributed by atoms with Crippen molar-refractivity contribution >= 4 is 35.6 Å². The van der Waals surface area contributed by atoms with E-state index in [1.165, 1.54) is 4.90 Å². The number of amides is 3. The number of anilines is 1. The normalized spacial score (nSPS) is 18.2. The zero-order valence-electron chi connectivity index (χ0n) is 26.2. The molecule has 6 N–H and O–H groups in total. The van der Waals surface area contributed by atoms with Crippen molar-refractivity contribution in [3.63, 3.8) is 0 Å². The van der Waals surface area contributed by atoms with Gasteiger partial charge in [-0.25, -0.2) is 23.0 Å². The molecule has 0 spiro atoms. The molecule has 0 saturated carbocycles. The van der Waals surface area contributed by atoms with Gasteiger partial charge in [0.2, 0.25) is 6.41 Å². The minimum Gasteiger partial charge on any atom is -0.450 e. The zero-order chi connectivity index (χ0) is 33.5. The maximum atomic E-state index is 14.0. The predicted molar refractivity (Wildman–Crippen MR) is 173 cm³/mol. The lowest BCUT2D eigenvalue weighted by Crippen LogP contribution is -2.42. The fraction of sp³-hybridized carbons (Fsp3) is 0.438. The van der Waals surface area contributed by atoms with E-state index in [0.717, 1.165) is 44.5 Å². The van der Waals surface area contributed by atoms with Crippen LogP contribution in [0.1, 0.15) is 43.6 Å². The highest BCUT2D eigenvalue weighted by atomic mass is 19.2. The minimum absolute atomic E-state index is 0.113. The van der Waals surface area contributed by atoms with Gasteiger partial charge >= 0.3 is 6.03 Å². The molecule has 0 unspecified atom stereocenters. The molecular formula is C32H40F3N9O3. The number of hydrogen-bond acceptors (Lipinski definition) is 7. The molecule has 12 nitrogen and oxygen atoms in total. The maximum Gasteiger partial charge on any atom is 0.321 e.